The number of benzene rings is 2. The lowest BCUT2D eigenvalue weighted by Crippen LogP contribution is -2.60. The predicted molar refractivity (Wildman–Crippen MR) is 115 cm³/mol. The molecule has 0 radical (unpaired) electrons. The summed E-state index contributed by atoms with van der Waals surface area (Å²) in [5.41, 5.74) is 1.09. The fourth-order valence-electron chi connectivity index (χ4n) is 4.64. The number of nitrogens with two attached hydrogens (primary N) is 1. The van der Waals surface area contributed by atoms with Crippen molar-refractivity contribution in [3.05, 3.63) is 64.1 Å². The minimum atomic E-state index is -3.88. The summed E-state index contributed by atoms with van der Waals surface area (Å²) < 4.78 is 24.0. The minimum Gasteiger partial charge on any atom is -0.334 e. The standard InChI is InChI=1S/C21H24BrN3O3S/c22-19-9-8-17(29(23,27)28)13-18(19)20(26)24-21-11-4-7-16(10-12-21)25(21)14-15-5-2-1-3-6-15/h1-3,5-6,8-9,13,16H,4,7,10-12,14H2,(H,24,26)(H2,23,27,28). The van der Waals surface area contributed by atoms with Crippen LogP contribution in [0.25, 0.3) is 0 Å². The summed E-state index contributed by atoms with van der Waals surface area (Å²) >= 11 is 3.37. The number of carbonyl (C=O) groups is 1. The number of fused-ring (bicyclic) bond motifs is 2. The van der Waals surface area contributed by atoms with E-state index in [1.54, 1.807) is 6.07 Å². The van der Waals surface area contributed by atoms with E-state index in [2.05, 4.69) is 38.3 Å². The van der Waals surface area contributed by atoms with Gasteiger partial charge in [0.25, 0.3) is 5.91 Å². The SMILES string of the molecule is NS(=O)(=O)c1ccc(Br)c(C(=O)NC23CCCC(CC2)N3Cc2ccccc2)c1. The Hall–Kier alpha value is -1.74. The van der Waals surface area contributed by atoms with Crippen LogP contribution >= 0.6 is 15.9 Å². The number of nitrogens with zero attached hydrogens (tertiary/aromatic N) is 1. The number of hydrogen-bond donors (Lipinski definition) is 2. The van der Waals surface area contributed by atoms with Gasteiger partial charge in [0.05, 0.1) is 16.1 Å². The molecule has 0 spiro atoms. The molecule has 0 aromatic heterocycles. The molecule has 0 saturated carbocycles. The van der Waals surface area contributed by atoms with Crippen molar-refractivity contribution in [1.82, 2.24) is 10.2 Å². The Labute approximate surface area is 179 Å². The van der Waals surface area contributed by atoms with Gasteiger partial charge >= 0.3 is 0 Å². The maximum atomic E-state index is 13.2. The maximum absolute atomic E-state index is 13.2. The summed E-state index contributed by atoms with van der Waals surface area (Å²) in [7, 11) is -3.88. The van der Waals surface area contributed by atoms with Crippen molar-refractivity contribution >= 4 is 31.9 Å². The molecular formula is C21H24BrN3O3S. The number of hydrogen-bond acceptors (Lipinski definition) is 4. The summed E-state index contributed by atoms with van der Waals surface area (Å²) in [6.07, 6.45) is 5.02. The Morgan fingerprint density at radius 1 is 1.17 bits per heavy atom. The van der Waals surface area contributed by atoms with E-state index in [1.165, 1.54) is 17.7 Å². The van der Waals surface area contributed by atoms with E-state index < -0.39 is 15.7 Å². The summed E-state index contributed by atoms with van der Waals surface area (Å²) in [4.78, 5) is 15.5. The number of carbonyl (C=O) groups excluding carboxylic acids is 1. The lowest BCUT2D eigenvalue weighted by atomic mass is 9.95. The molecule has 6 nitrogen and oxygen atoms in total. The van der Waals surface area contributed by atoms with Crippen molar-refractivity contribution in [2.45, 2.75) is 55.2 Å². The molecule has 29 heavy (non-hydrogen) atoms. The van der Waals surface area contributed by atoms with Crippen molar-refractivity contribution in [1.29, 1.82) is 0 Å². The zero-order valence-corrected chi connectivity index (χ0v) is 18.4. The molecule has 2 aliphatic heterocycles. The molecular weight excluding hydrogens is 454 g/mol. The van der Waals surface area contributed by atoms with Crippen LogP contribution in [0, 0.1) is 0 Å². The van der Waals surface area contributed by atoms with Gasteiger partial charge in [-0.2, -0.15) is 0 Å². The third-order valence-corrected chi connectivity index (χ3v) is 7.66. The molecule has 1 amide bonds. The van der Waals surface area contributed by atoms with Gasteiger partial charge in [-0.1, -0.05) is 30.3 Å². The third kappa shape index (κ3) is 4.12. The number of rotatable bonds is 5. The molecule has 2 aromatic carbocycles. The second-order valence-electron chi connectivity index (χ2n) is 7.87. The van der Waals surface area contributed by atoms with Gasteiger partial charge in [-0.15, -0.1) is 0 Å². The number of nitrogens with one attached hydrogen (secondary N) is 1. The van der Waals surface area contributed by atoms with Crippen LogP contribution in [0.15, 0.2) is 57.9 Å². The number of piperidine rings is 1. The van der Waals surface area contributed by atoms with Crippen molar-refractivity contribution in [2.75, 3.05) is 0 Å². The first kappa shape index (κ1) is 20.5. The van der Waals surface area contributed by atoms with E-state index in [-0.39, 0.29) is 16.4 Å². The fourth-order valence-corrected chi connectivity index (χ4v) is 5.61. The number of sulfonamides is 1. The Bertz CT molecular complexity index is 1020. The van der Waals surface area contributed by atoms with Gasteiger partial charge in [0, 0.05) is 17.1 Å². The van der Waals surface area contributed by atoms with E-state index in [0.29, 0.717) is 10.5 Å². The molecule has 2 fully saturated rings. The second kappa shape index (κ2) is 7.83. The molecule has 2 heterocycles. The van der Waals surface area contributed by atoms with E-state index >= 15 is 0 Å². The zero-order chi connectivity index (χ0) is 20.6. The number of amides is 1. The Kier molecular flexibility index (Phi) is 5.54. The highest BCUT2D eigenvalue weighted by molar-refractivity contribution is 9.10. The van der Waals surface area contributed by atoms with Crippen molar-refractivity contribution in [3.63, 3.8) is 0 Å². The Morgan fingerprint density at radius 2 is 1.93 bits per heavy atom. The quantitative estimate of drug-likeness (QED) is 0.690. The average Bonchev–Trinajstić information content (AvgIpc) is 2.86. The highest BCUT2D eigenvalue weighted by Gasteiger charge is 2.49. The Morgan fingerprint density at radius 3 is 2.66 bits per heavy atom. The van der Waals surface area contributed by atoms with Gasteiger partial charge in [-0.3, -0.25) is 9.69 Å². The summed E-state index contributed by atoms with van der Waals surface area (Å²) in [6.45, 7) is 0.782. The Balaban J connectivity index is 1.62. The lowest BCUT2D eigenvalue weighted by Gasteiger charge is -2.45. The van der Waals surface area contributed by atoms with Crippen LogP contribution in [0.1, 0.15) is 48.0 Å². The van der Waals surface area contributed by atoms with Crippen LogP contribution in [0.4, 0.5) is 0 Å². The maximum Gasteiger partial charge on any atom is 0.253 e. The van der Waals surface area contributed by atoms with Gasteiger partial charge in [-0.05, 0) is 71.8 Å². The van der Waals surface area contributed by atoms with Gasteiger partial charge in [-0.25, -0.2) is 13.6 Å². The van der Waals surface area contributed by atoms with Crippen LogP contribution in [0.2, 0.25) is 0 Å². The molecule has 4 rings (SSSR count). The molecule has 3 N–H and O–H groups in total. The monoisotopic (exact) mass is 477 g/mol. The van der Waals surface area contributed by atoms with Gasteiger partial charge < -0.3 is 5.32 Å². The van der Waals surface area contributed by atoms with Gasteiger partial charge in [0.2, 0.25) is 10.0 Å². The molecule has 2 atom stereocenters. The van der Waals surface area contributed by atoms with E-state index in [4.69, 9.17) is 5.14 Å². The molecule has 2 unspecified atom stereocenters. The van der Waals surface area contributed by atoms with Crippen molar-refractivity contribution < 1.29 is 13.2 Å². The topological polar surface area (TPSA) is 92.5 Å². The largest absolute Gasteiger partial charge is 0.334 e. The molecule has 8 heteroatoms. The van der Waals surface area contributed by atoms with Crippen molar-refractivity contribution in [3.8, 4) is 0 Å². The van der Waals surface area contributed by atoms with E-state index in [1.807, 2.05) is 18.2 Å². The highest BCUT2D eigenvalue weighted by atomic mass is 79.9. The van der Waals surface area contributed by atoms with Gasteiger partial charge in [0.15, 0.2) is 0 Å². The van der Waals surface area contributed by atoms with Gasteiger partial charge in [0.1, 0.15) is 0 Å². The van der Waals surface area contributed by atoms with E-state index in [0.717, 1.165) is 38.6 Å². The first-order valence-corrected chi connectivity index (χ1v) is 12.1. The van der Waals surface area contributed by atoms with Crippen molar-refractivity contribution in [2.24, 2.45) is 5.14 Å². The molecule has 154 valence electrons. The second-order valence-corrected chi connectivity index (χ2v) is 10.3. The average molecular weight is 478 g/mol. The number of primary sulfonamides is 1. The molecule has 2 aliphatic rings. The van der Waals surface area contributed by atoms with Crippen LogP contribution in [0.5, 0.6) is 0 Å². The first-order chi connectivity index (χ1) is 13.8. The van der Waals surface area contributed by atoms with Crippen LogP contribution in [0.3, 0.4) is 0 Å². The molecule has 2 bridgehead atoms. The highest BCUT2D eigenvalue weighted by Crippen LogP contribution is 2.43. The molecule has 2 saturated heterocycles. The molecule has 2 aromatic rings. The lowest BCUT2D eigenvalue weighted by molar-refractivity contribution is 0.0184. The van der Waals surface area contributed by atoms with Crippen LogP contribution < -0.4 is 10.5 Å². The van der Waals surface area contributed by atoms with Crippen LogP contribution in [-0.4, -0.2) is 30.9 Å². The number of halogens is 1. The third-order valence-electron chi connectivity index (χ3n) is 6.06. The smallest absolute Gasteiger partial charge is 0.253 e. The zero-order valence-electron chi connectivity index (χ0n) is 16.0. The molecule has 0 aliphatic carbocycles. The minimum absolute atomic E-state index is 0.0718. The van der Waals surface area contributed by atoms with E-state index in [9.17, 15) is 13.2 Å². The first-order valence-electron chi connectivity index (χ1n) is 9.74. The summed E-state index contributed by atoms with van der Waals surface area (Å²) in [5, 5.41) is 8.50. The van der Waals surface area contributed by atoms with Crippen LogP contribution in [-0.2, 0) is 16.6 Å². The summed E-state index contributed by atoms with van der Waals surface area (Å²) in [6, 6.07) is 15.0. The normalized spacial score (nSPS) is 24.4. The fraction of sp³-hybridized carbons (Fsp3) is 0.381. The summed E-state index contributed by atoms with van der Waals surface area (Å²) in [5.74, 6) is -0.289. The predicted octanol–water partition coefficient (Wildman–Crippen LogP) is 3.37.